The zero-order valence-corrected chi connectivity index (χ0v) is 11.5. The van der Waals surface area contributed by atoms with Gasteiger partial charge in [0.05, 0.1) is 0 Å². The van der Waals surface area contributed by atoms with Gasteiger partial charge in [-0.25, -0.2) is 0 Å². The Balaban J connectivity index is 3.60. The average molecular weight is 253 g/mol. The van der Waals surface area contributed by atoms with Crippen molar-refractivity contribution in [2.75, 3.05) is 6.54 Å². The fourth-order valence-electron chi connectivity index (χ4n) is 1.98. The summed E-state index contributed by atoms with van der Waals surface area (Å²) in [7, 11) is 0. The number of hydrogen-bond donors (Lipinski definition) is 2. The molecule has 0 aromatic rings. The molecule has 104 valence electrons. The Morgan fingerprint density at radius 1 is 1.28 bits per heavy atom. The molecule has 0 aromatic carbocycles. The van der Waals surface area contributed by atoms with Crippen molar-refractivity contribution in [2.24, 2.45) is 5.92 Å². The number of rotatable bonds is 12. The molecule has 0 aliphatic rings. The van der Waals surface area contributed by atoms with Crippen LogP contribution in [0.15, 0.2) is 25.3 Å². The predicted molar refractivity (Wildman–Crippen MR) is 76.7 cm³/mol. The number of carboxylic acids is 1. The molecule has 3 nitrogen and oxygen atoms in total. The maximum atomic E-state index is 10.4. The minimum Gasteiger partial charge on any atom is -0.481 e. The van der Waals surface area contributed by atoms with E-state index in [9.17, 15) is 4.79 Å². The van der Waals surface area contributed by atoms with Crippen molar-refractivity contribution < 1.29 is 9.90 Å². The van der Waals surface area contributed by atoms with Crippen LogP contribution in [0.5, 0.6) is 0 Å². The Labute approximate surface area is 111 Å². The van der Waals surface area contributed by atoms with Gasteiger partial charge in [-0.1, -0.05) is 12.2 Å². The highest BCUT2D eigenvalue weighted by atomic mass is 16.4. The number of carbonyl (C=O) groups is 1. The van der Waals surface area contributed by atoms with E-state index in [2.05, 4.69) is 18.5 Å². The summed E-state index contributed by atoms with van der Waals surface area (Å²) in [6.07, 6.45) is 9.23. The zero-order valence-electron chi connectivity index (χ0n) is 11.5. The molecule has 0 saturated heterocycles. The van der Waals surface area contributed by atoms with Gasteiger partial charge < -0.3 is 10.4 Å². The van der Waals surface area contributed by atoms with Crippen LogP contribution >= 0.6 is 0 Å². The first-order valence-corrected chi connectivity index (χ1v) is 6.77. The number of aliphatic carboxylic acids is 1. The number of carboxylic acid groups (broad SMARTS) is 1. The summed E-state index contributed by atoms with van der Waals surface area (Å²) in [5, 5.41) is 11.9. The summed E-state index contributed by atoms with van der Waals surface area (Å²) in [5.41, 5.74) is 0. The van der Waals surface area contributed by atoms with E-state index in [1.807, 2.05) is 19.1 Å². The first-order valence-electron chi connectivity index (χ1n) is 6.77. The Hall–Kier alpha value is -1.09. The lowest BCUT2D eigenvalue weighted by Gasteiger charge is -2.15. The molecule has 2 N–H and O–H groups in total. The van der Waals surface area contributed by atoms with Crippen molar-refractivity contribution in [2.45, 2.75) is 51.5 Å². The maximum Gasteiger partial charge on any atom is 0.303 e. The monoisotopic (exact) mass is 253 g/mol. The second-order valence-electron chi connectivity index (χ2n) is 4.84. The van der Waals surface area contributed by atoms with Crippen LogP contribution in [0.2, 0.25) is 0 Å². The Morgan fingerprint density at radius 2 is 1.89 bits per heavy atom. The zero-order chi connectivity index (χ0) is 13.8. The third-order valence-electron chi connectivity index (χ3n) is 3.07. The van der Waals surface area contributed by atoms with Crippen LogP contribution in [-0.2, 0) is 4.79 Å². The van der Waals surface area contributed by atoms with Gasteiger partial charge in [-0.05, 0) is 51.5 Å². The lowest BCUT2D eigenvalue weighted by molar-refractivity contribution is -0.137. The summed E-state index contributed by atoms with van der Waals surface area (Å²) in [6, 6.07) is 0.276. The van der Waals surface area contributed by atoms with Gasteiger partial charge in [0.1, 0.15) is 0 Å². The summed E-state index contributed by atoms with van der Waals surface area (Å²) in [5.74, 6) is -0.0724. The molecule has 0 radical (unpaired) electrons. The van der Waals surface area contributed by atoms with Gasteiger partial charge in [-0.3, -0.25) is 4.79 Å². The van der Waals surface area contributed by atoms with Gasteiger partial charge in [-0.2, -0.15) is 0 Å². The van der Waals surface area contributed by atoms with Crippen molar-refractivity contribution in [1.82, 2.24) is 5.32 Å². The highest BCUT2D eigenvalue weighted by Gasteiger charge is 2.06. The quantitative estimate of drug-likeness (QED) is 0.414. The van der Waals surface area contributed by atoms with E-state index in [-0.39, 0.29) is 12.5 Å². The van der Waals surface area contributed by atoms with Crippen molar-refractivity contribution in [3.05, 3.63) is 25.3 Å². The van der Waals surface area contributed by atoms with E-state index < -0.39 is 5.97 Å². The highest BCUT2D eigenvalue weighted by Crippen LogP contribution is 2.16. The van der Waals surface area contributed by atoms with Gasteiger partial charge in [-0.15, -0.1) is 13.2 Å². The normalized spacial score (nSPS) is 12.3. The minimum atomic E-state index is -0.722. The van der Waals surface area contributed by atoms with E-state index >= 15 is 0 Å². The molecule has 1 atom stereocenters. The van der Waals surface area contributed by atoms with Crippen LogP contribution in [-0.4, -0.2) is 23.7 Å². The van der Waals surface area contributed by atoms with Crippen LogP contribution in [0.3, 0.4) is 0 Å². The number of hydrogen-bond acceptors (Lipinski definition) is 2. The predicted octanol–water partition coefficient (Wildman–Crippen LogP) is 3.38. The van der Waals surface area contributed by atoms with E-state index in [4.69, 9.17) is 5.11 Å². The van der Waals surface area contributed by atoms with Crippen molar-refractivity contribution in [3.8, 4) is 0 Å². The van der Waals surface area contributed by atoms with E-state index in [1.165, 1.54) is 0 Å². The van der Waals surface area contributed by atoms with Crippen LogP contribution < -0.4 is 5.32 Å². The average Bonchev–Trinajstić information content (AvgIpc) is 2.32. The van der Waals surface area contributed by atoms with Crippen LogP contribution in [0.1, 0.15) is 45.4 Å². The minimum absolute atomic E-state index is 0.240. The molecule has 0 heterocycles. The molecule has 3 heteroatoms. The maximum absolute atomic E-state index is 10.4. The molecule has 0 spiro atoms. The molecule has 0 aliphatic heterocycles. The van der Waals surface area contributed by atoms with Gasteiger partial charge in [0.2, 0.25) is 0 Å². The fraction of sp³-hybridized carbons (Fsp3) is 0.667. The molecule has 18 heavy (non-hydrogen) atoms. The third-order valence-corrected chi connectivity index (χ3v) is 3.07. The van der Waals surface area contributed by atoms with Gasteiger partial charge in [0.25, 0.3) is 0 Å². The Kier molecular flexibility index (Phi) is 10.4. The first kappa shape index (κ1) is 16.9. The summed E-state index contributed by atoms with van der Waals surface area (Å²) < 4.78 is 0. The molecular weight excluding hydrogens is 226 g/mol. The van der Waals surface area contributed by atoms with Crippen molar-refractivity contribution >= 4 is 5.97 Å². The largest absolute Gasteiger partial charge is 0.481 e. The van der Waals surface area contributed by atoms with E-state index in [0.717, 1.165) is 32.2 Å². The molecule has 0 aromatic heterocycles. The van der Waals surface area contributed by atoms with Crippen molar-refractivity contribution in [1.29, 1.82) is 0 Å². The van der Waals surface area contributed by atoms with Gasteiger partial charge in [0.15, 0.2) is 0 Å². The third kappa shape index (κ3) is 10.1. The molecule has 0 saturated carbocycles. The molecule has 0 rings (SSSR count). The first-order chi connectivity index (χ1) is 8.60. The SMILES string of the molecule is C=CCC(CC=C)CCCNC(C)CCC(=O)O. The Morgan fingerprint density at radius 3 is 2.39 bits per heavy atom. The number of allylic oxidation sites excluding steroid dienone is 2. The van der Waals surface area contributed by atoms with Crippen molar-refractivity contribution in [3.63, 3.8) is 0 Å². The van der Waals surface area contributed by atoms with Crippen LogP contribution in [0.25, 0.3) is 0 Å². The molecule has 1 unspecified atom stereocenters. The van der Waals surface area contributed by atoms with Gasteiger partial charge >= 0.3 is 5.97 Å². The van der Waals surface area contributed by atoms with Crippen LogP contribution in [0, 0.1) is 5.92 Å². The molecule has 0 fully saturated rings. The lowest BCUT2D eigenvalue weighted by atomic mass is 9.96. The second-order valence-corrected chi connectivity index (χ2v) is 4.84. The molecule has 0 amide bonds. The Bertz CT molecular complexity index is 241. The summed E-state index contributed by atoms with van der Waals surface area (Å²) >= 11 is 0. The van der Waals surface area contributed by atoms with E-state index in [0.29, 0.717) is 12.3 Å². The molecule has 0 aliphatic carbocycles. The fourth-order valence-corrected chi connectivity index (χ4v) is 1.98. The molecule has 0 bridgehead atoms. The summed E-state index contributed by atoms with van der Waals surface area (Å²) in [6.45, 7) is 10.5. The topological polar surface area (TPSA) is 49.3 Å². The lowest BCUT2D eigenvalue weighted by Crippen LogP contribution is -2.27. The van der Waals surface area contributed by atoms with E-state index in [1.54, 1.807) is 0 Å². The molecular formula is C15H27NO2. The standard InChI is InChI=1S/C15H27NO2/c1-4-7-14(8-5-2)9-6-12-16-13(3)10-11-15(17)18/h4-5,13-14,16H,1-2,6-12H2,3H3,(H,17,18). The second kappa shape index (κ2) is 11.0. The van der Waals surface area contributed by atoms with Crippen LogP contribution in [0.4, 0.5) is 0 Å². The number of nitrogens with one attached hydrogen (secondary N) is 1. The summed E-state index contributed by atoms with van der Waals surface area (Å²) in [4.78, 5) is 10.4. The van der Waals surface area contributed by atoms with Gasteiger partial charge in [0, 0.05) is 12.5 Å². The smallest absolute Gasteiger partial charge is 0.303 e. The highest BCUT2D eigenvalue weighted by molar-refractivity contribution is 5.66.